The molecule has 2 N–H and O–H groups in total. The normalized spacial score (nSPS) is 16.7. The zero-order chi connectivity index (χ0) is 29.7. The Bertz CT molecular complexity index is 1430. The summed E-state index contributed by atoms with van der Waals surface area (Å²) in [5.41, 5.74) is 0.541. The number of anilines is 2. The van der Waals surface area contributed by atoms with Gasteiger partial charge in [-0.05, 0) is 49.9 Å². The van der Waals surface area contributed by atoms with Crippen LogP contribution < -0.4 is 10.6 Å². The highest BCUT2D eigenvalue weighted by Gasteiger charge is 2.33. The molecule has 0 unspecified atom stereocenters. The number of pyridine rings is 2. The molecule has 0 saturated heterocycles. The Morgan fingerprint density at radius 1 is 1.02 bits per heavy atom. The first-order chi connectivity index (χ1) is 19.6. The zero-order valence-corrected chi connectivity index (χ0v) is 24.2. The number of carbonyl (C=O) groups is 4. The maximum atomic E-state index is 13.4. The highest BCUT2D eigenvalue weighted by molar-refractivity contribution is 6.30. The number of ether oxygens (including phenoxy) is 1. The van der Waals surface area contributed by atoms with Gasteiger partial charge >= 0.3 is 0 Å². The van der Waals surface area contributed by atoms with Crippen molar-refractivity contribution in [2.45, 2.75) is 25.7 Å². The van der Waals surface area contributed by atoms with Crippen LogP contribution >= 0.6 is 11.6 Å². The molecule has 4 rings (SSSR count). The number of nitrogens with zero attached hydrogens (tertiary/aromatic N) is 4. The van der Waals surface area contributed by atoms with Crippen molar-refractivity contribution in [3.8, 4) is 0 Å². The second kappa shape index (κ2) is 13.1. The second-order valence-electron chi connectivity index (χ2n) is 10.2. The third-order valence-corrected chi connectivity index (χ3v) is 7.27. The van der Waals surface area contributed by atoms with Gasteiger partial charge in [-0.3, -0.25) is 19.2 Å². The number of furan rings is 1. The molecule has 1 fully saturated rings. The standard InChI is InChI=1S/C28H33ClN6O6/c1-34(2)27(38)17-7-5-16(6-8-17)25(36)33-23-22-20(11-10-19(31-22)28(39)35(3)13-14-40-4)41-24(23)26(37)32-21-12-9-18(29)15-30-21/h9-12,15-17H,5-8,13-14H2,1-4H3,(H,33,36)(H,30,32,37)/t16-,17-. The van der Waals surface area contributed by atoms with E-state index in [2.05, 4.69) is 20.6 Å². The van der Waals surface area contributed by atoms with E-state index in [0.29, 0.717) is 43.9 Å². The minimum absolute atomic E-state index is 0.0521. The summed E-state index contributed by atoms with van der Waals surface area (Å²) in [6, 6.07) is 6.13. The number of likely N-dealkylation sites (N-methyl/N-ethyl adjacent to an activating group) is 1. The topological polar surface area (TPSA) is 147 Å². The minimum Gasteiger partial charge on any atom is -0.447 e. The van der Waals surface area contributed by atoms with Crippen molar-refractivity contribution in [3.63, 3.8) is 0 Å². The predicted octanol–water partition coefficient (Wildman–Crippen LogP) is 3.68. The summed E-state index contributed by atoms with van der Waals surface area (Å²) >= 11 is 5.90. The van der Waals surface area contributed by atoms with Gasteiger partial charge in [0.25, 0.3) is 11.8 Å². The van der Waals surface area contributed by atoms with Crippen molar-refractivity contribution < 1.29 is 28.3 Å². The number of nitrogens with one attached hydrogen (secondary N) is 2. The quantitative estimate of drug-likeness (QED) is 0.387. The molecule has 13 heteroatoms. The summed E-state index contributed by atoms with van der Waals surface area (Å²) in [6.07, 6.45) is 3.59. The van der Waals surface area contributed by atoms with Crippen LogP contribution in [0.2, 0.25) is 5.02 Å². The largest absolute Gasteiger partial charge is 0.447 e. The fraction of sp³-hybridized carbons (Fsp3) is 0.429. The lowest BCUT2D eigenvalue weighted by Gasteiger charge is -2.28. The lowest BCUT2D eigenvalue weighted by molar-refractivity contribution is -0.135. The monoisotopic (exact) mass is 584 g/mol. The molecular formula is C28H33ClN6O6. The van der Waals surface area contributed by atoms with E-state index in [0.717, 1.165) is 0 Å². The molecule has 0 spiro atoms. The molecule has 3 heterocycles. The molecule has 0 atom stereocenters. The molecule has 0 aliphatic heterocycles. The number of rotatable bonds is 9. The number of methoxy groups -OCH3 is 1. The molecule has 0 radical (unpaired) electrons. The lowest BCUT2D eigenvalue weighted by Crippen LogP contribution is -2.35. The molecule has 41 heavy (non-hydrogen) atoms. The van der Waals surface area contributed by atoms with E-state index in [-0.39, 0.29) is 63.6 Å². The summed E-state index contributed by atoms with van der Waals surface area (Å²) in [7, 11) is 6.61. The van der Waals surface area contributed by atoms with Crippen LogP contribution in [0.25, 0.3) is 11.1 Å². The molecule has 3 aromatic heterocycles. The third-order valence-electron chi connectivity index (χ3n) is 7.04. The first kappa shape index (κ1) is 29.9. The van der Waals surface area contributed by atoms with Crippen LogP contribution in [0, 0.1) is 11.8 Å². The summed E-state index contributed by atoms with van der Waals surface area (Å²) in [6.45, 7) is 0.702. The van der Waals surface area contributed by atoms with Crippen molar-refractivity contribution >= 4 is 57.8 Å². The van der Waals surface area contributed by atoms with E-state index in [1.54, 1.807) is 39.2 Å². The lowest BCUT2D eigenvalue weighted by atomic mass is 9.81. The van der Waals surface area contributed by atoms with Gasteiger partial charge in [-0.1, -0.05) is 11.6 Å². The molecule has 0 aromatic carbocycles. The Labute approximate surface area is 242 Å². The molecule has 4 amide bonds. The predicted molar refractivity (Wildman–Crippen MR) is 153 cm³/mol. The Morgan fingerprint density at radius 2 is 1.73 bits per heavy atom. The highest BCUT2D eigenvalue weighted by atomic mass is 35.5. The fourth-order valence-electron chi connectivity index (χ4n) is 4.71. The van der Waals surface area contributed by atoms with Crippen LogP contribution in [0.5, 0.6) is 0 Å². The number of hydrogen-bond donors (Lipinski definition) is 2. The number of fused-ring (bicyclic) bond motifs is 1. The summed E-state index contributed by atoms with van der Waals surface area (Å²) in [5, 5.41) is 5.87. The van der Waals surface area contributed by atoms with Crippen LogP contribution in [-0.2, 0) is 14.3 Å². The van der Waals surface area contributed by atoms with E-state index in [1.807, 2.05) is 0 Å². The number of aromatic nitrogens is 2. The Hall–Kier alpha value is -4.03. The van der Waals surface area contributed by atoms with Crippen LogP contribution in [0.3, 0.4) is 0 Å². The zero-order valence-electron chi connectivity index (χ0n) is 23.4. The number of amides is 4. The molecule has 12 nitrogen and oxygen atoms in total. The number of halogens is 1. The van der Waals surface area contributed by atoms with E-state index in [1.165, 1.54) is 29.3 Å². The van der Waals surface area contributed by atoms with Crippen molar-refractivity contribution in [1.29, 1.82) is 0 Å². The Kier molecular flexibility index (Phi) is 9.56. The van der Waals surface area contributed by atoms with Gasteiger partial charge in [-0.2, -0.15) is 0 Å². The van der Waals surface area contributed by atoms with Gasteiger partial charge < -0.3 is 29.6 Å². The average molecular weight is 585 g/mol. The van der Waals surface area contributed by atoms with Gasteiger partial charge in [0.15, 0.2) is 5.58 Å². The molecule has 0 bridgehead atoms. The van der Waals surface area contributed by atoms with Gasteiger partial charge in [0, 0.05) is 52.8 Å². The summed E-state index contributed by atoms with van der Waals surface area (Å²) in [5.74, 6) is -1.75. The van der Waals surface area contributed by atoms with E-state index in [4.69, 9.17) is 20.8 Å². The fourth-order valence-corrected chi connectivity index (χ4v) is 4.82. The Balaban J connectivity index is 1.63. The molecular weight excluding hydrogens is 552 g/mol. The maximum absolute atomic E-state index is 13.4. The minimum atomic E-state index is -0.668. The molecule has 218 valence electrons. The Morgan fingerprint density at radius 3 is 2.37 bits per heavy atom. The van der Waals surface area contributed by atoms with Gasteiger partial charge in [0.05, 0.1) is 11.6 Å². The van der Waals surface area contributed by atoms with Crippen LogP contribution in [0.1, 0.15) is 46.7 Å². The van der Waals surface area contributed by atoms with Gasteiger partial charge in [0.2, 0.25) is 17.6 Å². The molecule has 3 aromatic rings. The van der Waals surface area contributed by atoms with Crippen LogP contribution in [-0.4, -0.2) is 84.8 Å². The average Bonchev–Trinajstić information content (AvgIpc) is 3.33. The van der Waals surface area contributed by atoms with Crippen LogP contribution in [0.4, 0.5) is 11.5 Å². The second-order valence-corrected chi connectivity index (χ2v) is 10.6. The first-order valence-electron chi connectivity index (χ1n) is 13.2. The number of hydrogen-bond acceptors (Lipinski definition) is 8. The molecule has 1 aliphatic carbocycles. The van der Waals surface area contributed by atoms with Gasteiger partial charge in [0.1, 0.15) is 22.7 Å². The third kappa shape index (κ3) is 7.01. The number of carbonyl (C=O) groups excluding carboxylic acids is 4. The van der Waals surface area contributed by atoms with E-state index in [9.17, 15) is 19.2 Å². The molecule has 1 saturated carbocycles. The summed E-state index contributed by atoms with van der Waals surface area (Å²) in [4.78, 5) is 63.6. The van der Waals surface area contributed by atoms with Gasteiger partial charge in [-0.15, -0.1) is 0 Å². The molecule has 1 aliphatic rings. The van der Waals surface area contributed by atoms with Crippen molar-refractivity contribution in [3.05, 3.63) is 46.9 Å². The smallest absolute Gasteiger partial charge is 0.294 e. The van der Waals surface area contributed by atoms with Gasteiger partial charge in [-0.25, -0.2) is 9.97 Å². The van der Waals surface area contributed by atoms with Crippen molar-refractivity contribution in [1.82, 2.24) is 19.8 Å². The van der Waals surface area contributed by atoms with Crippen LogP contribution in [0.15, 0.2) is 34.9 Å². The summed E-state index contributed by atoms with van der Waals surface area (Å²) < 4.78 is 10.9. The highest BCUT2D eigenvalue weighted by Crippen LogP contribution is 2.34. The SMILES string of the molecule is COCCN(C)C(=O)c1ccc2oc(C(=O)Nc3ccc(Cl)cn3)c(NC(=O)[C@H]3CC[C@H](C(=O)N(C)C)CC3)c2n1. The maximum Gasteiger partial charge on any atom is 0.294 e. The first-order valence-corrected chi connectivity index (χ1v) is 13.6. The van der Waals surface area contributed by atoms with Crippen molar-refractivity contribution in [2.24, 2.45) is 11.8 Å². The van der Waals surface area contributed by atoms with Crippen molar-refractivity contribution in [2.75, 3.05) is 52.0 Å². The van der Waals surface area contributed by atoms with E-state index < -0.39 is 5.91 Å². The van der Waals surface area contributed by atoms with E-state index >= 15 is 0 Å².